The summed E-state index contributed by atoms with van der Waals surface area (Å²) in [6.45, 7) is 3.77. The van der Waals surface area contributed by atoms with E-state index in [-0.39, 0.29) is 17.4 Å². The van der Waals surface area contributed by atoms with E-state index in [4.69, 9.17) is 13.9 Å². The Morgan fingerprint density at radius 1 is 1.44 bits per heavy atom. The van der Waals surface area contributed by atoms with Gasteiger partial charge in [0.2, 0.25) is 5.89 Å². The molecule has 0 atom stereocenters. The minimum Gasteiger partial charge on any atom is -0.477 e. The molecule has 2 rings (SSSR count). The number of hydrogen-bond donors (Lipinski definition) is 1. The van der Waals surface area contributed by atoms with Gasteiger partial charge in [-0.1, -0.05) is 13.8 Å². The van der Waals surface area contributed by atoms with Crippen molar-refractivity contribution >= 4 is 17.6 Å². The van der Waals surface area contributed by atoms with E-state index >= 15 is 0 Å². The van der Waals surface area contributed by atoms with Gasteiger partial charge < -0.3 is 13.9 Å². The highest BCUT2D eigenvalue weighted by atomic mass is 16.4. The van der Waals surface area contributed by atoms with Gasteiger partial charge in [-0.15, -0.1) is 10.2 Å². The van der Waals surface area contributed by atoms with Crippen LogP contribution < -0.4 is 0 Å². The summed E-state index contributed by atoms with van der Waals surface area (Å²) in [5, 5.41) is 16.7. The fourth-order valence-electron chi connectivity index (χ4n) is 1.31. The topological polar surface area (TPSA) is 89.4 Å². The van der Waals surface area contributed by atoms with E-state index in [1.54, 1.807) is 12.1 Å². The van der Waals surface area contributed by atoms with Crippen LogP contribution in [0, 0.1) is 0 Å². The molecule has 0 aliphatic carbocycles. The van der Waals surface area contributed by atoms with E-state index in [1.165, 1.54) is 12.3 Å². The van der Waals surface area contributed by atoms with Gasteiger partial charge in [0.25, 0.3) is 5.89 Å². The highest BCUT2D eigenvalue weighted by Crippen LogP contribution is 2.20. The normalized spacial score (nSPS) is 12.1. The Kier molecular flexibility index (Phi) is 3.27. The molecule has 2 heterocycles. The Balaban J connectivity index is 2.39. The van der Waals surface area contributed by atoms with E-state index in [1.807, 2.05) is 13.8 Å². The van der Waals surface area contributed by atoms with Crippen LogP contribution in [-0.4, -0.2) is 21.3 Å². The number of carboxylic acid groups (broad SMARTS) is 1. The maximum Gasteiger partial charge on any atom is 0.341 e. The maximum absolute atomic E-state index is 11.2. The lowest BCUT2D eigenvalue weighted by molar-refractivity contribution is -0.130. The number of rotatable bonds is 4. The molecular weight excluding hydrogens is 236 g/mol. The second-order valence-electron chi connectivity index (χ2n) is 3.98. The molecule has 0 aliphatic heterocycles. The van der Waals surface area contributed by atoms with Crippen molar-refractivity contribution in [1.29, 1.82) is 0 Å². The molecular formula is C12H12N2O4. The molecule has 2 aromatic heterocycles. The molecule has 0 bridgehead atoms. The van der Waals surface area contributed by atoms with Crippen LogP contribution in [0.3, 0.4) is 0 Å². The summed E-state index contributed by atoms with van der Waals surface area (Å²) in [6.07, 6.45) is 2.80. The van der Waals surface area contributed by atoms with Gasteiger partial charge >= 0.3 is 5.97 Å². The first-order valence-corrected chi connectivity index (χ1v) is 5.40. The van der Waals surface area contributed by atoms with Crippen LogP contribution in [0.2, 0.25) is 0 Å². The third-order valence-electron chi connectivity index (χ3n) is 2.23. The lowest BCUT2D eigenvalue weighted by Gasteiger charge is -1.96. The van der Waals surface area contributed by atoms with E-state index in [9.17, 15) is 4.79 Å². The Morgan fingerprint density at radius 3 is 2.72 bits per heavy atom. The summed E-state index contributed by atoms with van der Waals surface area (Å²) < 4.78 is 10.4. The Morgan fingerprint density at radius 2 is 2.22 bits per heavy atom. The van der Waals surface area contributed by atoms with E-state index in [0.29, 0.717) is 11.7 Å². The third-order valence-corrected chi connectivity index (χ3v) is 2.23. The van der Waals surface area contributed by atoms with Crippen LogP contribution in [0.25, 0.3) is 11.6 Å². The summed E-state index contributed by atoms with van der Waals surface area (Å²) in [5.41, 5.74) is -0.0932. The quantitative estimate of drug-likeness (QED) is 0.835. The molecule has 0 spiro atoms. The second kappa shape index (κ2) is 4.87. The molecule has 0 saturated carbocycles. The Labute approximate surface area is 103 Å². The fourth-order valence-corrected chi connectivity index (χ4v) is 1.31. The Bertz CT molecular complexity index is 567. The monoisotopic (exact) mass is 248 g/mol. The van der Waals surface area contributed by atoms with Gasteiger partial charge in [-0.05, 0) is 12.1 Å². The van der Waals surface area contributed by atoms with Crippen LogP contribution >= 0.6 is 0 Å². The second-order valence-corrected chi connectivity index (χ2v) is 3.98. The Hall–Kier alpha value is -2.37. The van der Waals surface area contributed by atoms with Gasteiger partial charge in [-0.25, -0.2) is 4.79 Å². The van der Waals surface area contributed by atoms with Crippen LogP contribution in [0.4, 0.5) is 0 Å². The van der Waals surface area contributed by atoms with Gasteiger partial charge in [-0.3, -0.25) is 0 Å². The van der Waals surface area contributed by atoms with Gasteiger partial charge in [-0.2, -0.15) is 0 Å². The average molecular weight is 248 g/mol. The van der Waals surface area contributed by atoms with Crippen LogP contribution in [0.15, 0.2) is 27.2 Å². The van der Waals surface area contributed by atoms with Crippen LogP contribution in [-0.2, 0) is 4.79 Å². The van der Waals surface area contributed by atoms with Gasteiger partial charge in [0.15, 0.2) is 0 Å². The van der Waals surface area contributed by atoms with Gasteiger partial charge in [0, 0.05) is 12.0 Å². The molecule has 18 heavy (non-hydrogen) atoms. The molecule has 0 fully saturated rings. The van der Waals surface area contributed by atoms with Gasteiger partial charge in [0.1, 0.15) is 11.3 Å². The molecule has 94 valence electrons. The van der Waals surface area contributed by atoms with Crippen molar-refractivity contribution in [2.45, 2.75) is 19.8 Å². The van der Waals surface area contributed by atoms with Crippen LogP contribution in [0.1, 0.15) is 37.3 Å². The number of aromatic nitrogens is 2. The lowest BCUT2D eigenvalue weighted by atomic mass is 10.2. The van der Waals surface area contributed by atoms with E-state index in [0.717, 1.165) is 0 Å². The molecule has 0 radical (unpaired) electrons. The number of carboxylic acids is 1. The molecule has 1 N–H and O–H groups in total. The fraction of sp³-hybridized carbons (Fsp3) is 0.250. The molecule has 0 saturated heterocycles. The molecule has 0 unspecified atom stereocenters. The van der Waals surface area contributed by atoms with Crippen molar-refractivity contribution in [1.82, 2.24) is 10.2 Å². The largest absolute Gasteiger partial charge is 0.477 e. The molecule has 6 heteroatoms. The SMILES string of the molecule is CC(C)c1nnc(/C(=C/c2ccco2)C(=O)O)o1. The highest BCUT2D eigenvalue weighted by molar-refractivity contribution is 6.18. The van der Waals surface area contributed by atoms with Crippen molar-refractivity contribution < 1.29 is 18.7 Å². The minimum atomic E-state index is -1.15. The number of nitrogens with zero attached hydrogens (tertiary/aromatic N) is 2. The van der Waals surface area contributed by atoms with E-state index in [2.05, 4.69) is 10.2 Å². The van der Waals surface area contributed by atoms with Crippen molar-refractivity contribution in [3.8, 4) is 0 Å². The average Bonchev–Trinajstić information content (AvgIpc) is 2.96. The van der Waals surface area contributed by atoms with Crippen molar-refractivity contribution in [2.24, 2.45) is 0 Å². The van der Waals surface area contributed by atoms with Gasteiger partial charge in [0.05, 0.1) is 6.26 Å². The zero-order valence-corrected chi connectivity index (χ0v) is 9.95. The summed E-state index contributed by atoms with van der Waals surface area (Å²) in [4.78, 5) is 11.2. The third kappa shape index (κ3) is 2.48. The van der Waals surface area contributed by atoms with Crippen molar-refractivity contribution in [3.05, 3.63) is 35.9 Å². The maximum atomic E-state index is 11.2. The minimum absolute atomic E-state index is 0.0254. The summed E-state index contributed by atoms with van der Waals surface area (Å²) in [5.74, 6) is -0.314. The zero-order chi connectivity index (χ0) is 13.1. The lowest BCUT2D eigenvalue weighted by Crippen LogP contribution is -1.99. The first-order valence-electron chi connectivity index (χ1n) is 5.40. The number of carbonyl (C=O) groups is 1. The predicted octanol–water partition coefficient (Wildman–Crippen LogP) is 2.41. The predicted molar refractivity (Wildman–Crippen MR) is 62.6 cm³/mol. The number of aliphatic carboxylic acids is 1. The molecule has 0 aliphatic rings. The summed E-state index contributed by atoms with van der Waals surface area (Å²) >= 11 is 0. The van der Waals surface area contributed by atoms with Crippen molar-refractivity contribution in [3.63, 3.8) is 0 Å². The number of furan rings is 1. The first kappa shape index (κ1) is 12.1. The van der Waals surface area contributed by atoms with E-state index < -0.39 is 5.97 Å². The molecule has 0 aromatic carbocycles. The summed E-state index contributed by atoms with van der Waals surface area (Å²) in [7, 11) is 0. The van der Waals surface area contributed by atoms with Crippen LogP contribution in [0.5, 0.6) is 0 Å². The smallest absolute Gasteiger partial charge is 0.341 e. The summed E-state index contributed by atoms with van der Waals surface area (Å²) in [6, 6.07) is 3.31. The molecule has 2 aromatic rings. The van der Waals surface area contributed by atoms with Crippen molar-refractivity contribution in [2.75, 3.05) is 0 Å². The zero-order valence-electron chi connectivity index (χ0n) is 9.95. The highest BCUT2D eigenvalue weighted by Gasteiger charge is 2.19. The number of hydrogen-bond acceptors (Lipinski definition) is 5. The standard InChI is InChI=1S/C12H12N2O4/c1-7(2)10-13-14-11(18-10)9(12(15)16)6-8-4-3-5-17-8/h3-7H,1-2H3,(H,15,16)/b9-6-. The molecule has 0 amide bonds. The first-order chi connectivity index (χ1) is 8.58. The molecule has 6 nitrogen and oxygen atoms in total.